The molecule has 0 aliphatic carbocycles. The van der Waals surface area contributed by atoms with Gasteiger partial charge in [0.25, 0.3) is 5.56 Å². The number of aromatic nitrogens is 2. The molecular weight excluding hydrogens is 412 g/mol. The third-order valence-electron chi connectivity index (χ3n) is 5.70. The van der Waals surface area contributed by atoms with Gasteiger partial charge in [-0.05, 0) is 30.0 Å². The van der Waals surface area contributed by atoms with Crippen LogP contribution in [0, 0.1) is 5.92 Å². The smallest absolute Gasteiger partial charge is 0.267 e. The molecule has 1 atom stereocenters. The van der Waals surface area contributed by atoms with Crippen molar-refractivity contribution in [1.29, 1.82) is 0 Å². The molecule has 1 aliphatic heterocycles. The van der Waals surface area contributed by atoms with Crippen LogP contribution in [0.2, 0.25) is 0 Å². The van der Waals surface area contributed by atoms with Gasteiger partial charge in [-0.2, -0.15) is 0 Å². The van der Waals surface area contributed by atoms with Crippen LogP contribution in [0.25, 0.3) is 15.9 Å². The van der Waals surface area contributed by atoms with E-state index in [1.54, 1.807) is 23.1 Å². The largest absolute Gasteiger partial charge is 0.372 e. The third kappa shape index (κ3) is 4.36. The van der Waals surface area contributed by atoms with Gasteiger partial charge in [-0.15, -0.1) is 11.3 Å². The lowest BCUT2D eigenvalue weighted by atomic mass is 9.96. The maximum Gasteiger partial charge on any atom is 0.267 e. The van der Waals surface area contributed by atoms with Crippen LogP contribution in [0.1, 0.15) is 56.9 Å². The number of para-hydroxylation sites is 1. The van der Waals surface area contributed by atoms with Crippen molar-refractivity contribution in [3.63, 3.8) is 0 Å². The van der Waals surface area contributed by atoms with E-state index >= 15 is 0 Å². The maximum absolute atomic E-state index is 13.8. The van der Waals surface area contributed by atoms with Gasteiger partial charge < -0.3 is 4.74 Å². The topological polar surface area (TPSA) is 44.1 Å². The Balaban J connectivity index is 1.78. The van der Waals surface area contributed by atoms with E-state index in [4.69, 9.17) is 9.72 Å². The highest BCUT2D eigenvalue weighted by atomic mass is 32.2. The first-order valence-corrected chi connectivity index (χ1v) is 12.8. The van der Waals surface area contributed by atoms with Crippen LogP contribution in [0.4, 0.5) is 0 Å². The van der Waals surface area contributed by atoms with Crippen LogP contribution in [0.3, 0.4) is 0 Å². The van der Waals surface area contributed by atoms with Crippen molar-refractivity contribution in [1.82, 2.24) is 9.55 Å². The highest BCUT2D eigenvalue weighted by molar-refractivity contribution is 7.99. The molecule has 2 aromatic heterocycles. The van der Waals surface area contributed by atoms with Gasteiger partial charge in [0.15, 0.2) is 5.16 Å². The molecule has 1 aromatic carbocycles. The van der Waals surface area contributed by atoms with Gasteiger partial charge in [0.2, 0.25) is 0 Å². The minimum absolute atomic E-state index is 0.0594. The SMILES string of the molecule is CCCCCCSc1nc2sc3c(c2c(=O)n1-c1ccccc1)CC(C(C)C)OC3. The second kappa shape index (κ2) is 9.67. The normalized spacial score (nSPS) is 16.3. The van der Waals surface area contributed by atoms with Crippen LogP contribution >= 0.6 is 23.1 Å². The lowest BCUT2D eigenvalue weighted by Gasteiger charge is -2.26. The summed E-state index contributed by atoms with van der Waals surface area (Å²) in [4.78, 5) is 20.8. The molecule has 30 heavy (non-hydrogen) atoms. The van der Waals surface area contributed by atoms with Gasteiger partial charge in [-0.3, -0.25) is 9.36 Å². The average Bonchev–Trinajstić information content (AvgIpc) is 3.12. The molecule has 6 heteroatoms. The number of thioether (sulfide) groups is 1. The standard InChI is InChI=1S/C24H30N2O2S2/c1-4-5-6-10-13-29-24-25-22-21(23(27)26(24)17-11-8-7-9-12-17)18-14-19(16(2)3)28-15-20(18)30-22/h7-9,11-12,16,19H,4-6,10,13-15H2,1-3H3. The summed E-state index contributed by atoms with van der Waals surface area (Å²) in [6.07, 6.45) is 5.81. The minimum atomic E-state index is 0.0594. The fourth-order valence-corrected chi connectivity index (χ4v) is 6.11. The van der Waals surface area contributed by atoms with E-state index in [1.165, 1.54) is 19.3 Å². The molecule has 0 radical (unpaired) electrons. The monoisotopic (exact) mass is 442 g/mol. The Bertz CT molecular complexity index is 1060. The Kier molecular flexibility index (Phi) is 6.96. The zero-order valence-corrected chi connectivity index (χ0v) is 19.7. The van der Waals surface area contributed by atoms with Crippen molar-refractivity contribution in [3.8, 4) is 5.69 Å². The van der Waals surface area contributed by atoms with Gasteiger partial charge >= 0.3 is 0 Å². The first kappa shape index (κ1) is 21.6. The van der Waals surface area contributed by atoms with Crippen molar-refractivity contribution in [2.24, 2.45) is 5.92 Å². The number of benzene rings is 1. The van der Waals surface area contributed by atoms with Crippen LogP contribution < -0.4 is 5.56 Å². The molecule has 4 rings (SSSR count). The highest BCUT2D eigenvalue weighted by Crippen LogP contribution is 2.36. The van der Waals surface area contributed by atoms with Gasteiger partial charge in [0.05, 0.1) is 23.8 Å². The summed E-state index contributed by atoms with van der Waals surface area (Å²) >= 11 is 3.33. The van der Waals surface area contributed by atoms with Gasteiger partial charge in [-0.1, -0.05) is 70.0 Å². The minimum Gasteiger partial charge on any atom is -0.372 e. The fraction of sp³-hybridized carbons (Fsp3) is 0.500. The number of fused-ring (bicyclic) bond motifs is 3. The molecule has 160 valence electrons. The third-order valence-corrected chi connectivity index (χ3v) is 7.82. The summed E-state index contributed by atoms with van der Waals surface area (Å²) in [5.41, 5.74) is 2.10. The number of ether oxygens (including phenoxy) is 1. The summed E-state index contributed by atoms with van der Waals surface area (Å²) < 4.78 is 7.87. The number of thiophene rings is 1. The Morgan fingerprint density at radius 2 is 2.03 bits per heavy atom. The van der Waals surface area contributed by atoms with Crippen molar-refractivity contribution < 1.29 is 4.74 Å². The summed E-state index contributed by atoms with van der Waals surface area (Å²) in [6.45, 7) is 7.17. The highest BCUT2D eigenvalue weighted by Gasteiger charge is 2.28. The van der Waals surface area contributed by atoms with E-state index in [2.05, 4.69) is 20.8 Å². The summed E-state index contributed by atoms with van der Waals surface area (Å²) in [7, 11) is 0. The Morgan fingerprint density at radius 1 is 1.23 bits per heavy atom. The van der Waals surface area contributed by atoms with Crippen molar-refractivity contribution >= 4 is 33.3 Å². The first-order valence-electron chi connectivity index (χ1n) is 11.0. The fourth-order valence-electron chi connectivity index (χ4n) is 3.93. The molecule has 0 spiro atoms. The zero-order chi connectivity index (χ0) is 21.1. The summed E-state index contributed by atoms with van der Waals surface area (Å²) in [5.74, 6) is 1.41. The zero-order valence-electron chi connectivity index (χ0n) is 18.0. The number of hydrogen-bond donors (Lipinski definition) is 0. The lowest BCUT2D eigenvalue weighted by molar-refractivity contribution is 0.00200. The van der Waals surface area contributed by atoms with Crippen LogP contribution in [0.5, 0.6) is 0 Å². The summed E-state index contributed by atoms with van der Waals surface area (Å²) in [5, 5.41) is 1.60. The Morgan fingerprint density at radius 3 is 2.77 bits per heavy atom. The quantitative estimate of drug-likeness (QED) is 0.236. The van der Waals surface area contributed by atoms with E-state index in [0.29, 0.717) is 12.5 Å². The first-order chi connectivity index (χ1) is 14.6. The molecule has 0 saturated carbocycles. The molecule has 4 nitrogen and oxygen atoms in total. The van der Waals surface area contributed by atoms with Gasteiger partial charge in [0, 0.05) is 17.1 Å². The number of hydrogen-bond acceptors (Lipinski definition) is 5. The molecule has 0 saturated heterocycles. The average molecular weight is 443 g/mol. The van der Waals surface area contributed by atoms with E-state index in [9.17, 15) is 4.79 Å². The second-order valence-electron chi connectivity index (χ2n) is 8.26. The molecular formula is C24H30N2O2S2. The Hall–Kier alpha value is -1.63. The number of unbranched alkanes of at least 4 members (excludes halogenated alkanes) is 3. The second-order valence-corrected chi connectivity index (χ2v) is 10.4. The predicted molar refractivity (Wildman–Crippen MR) is 127 cm³/mol. The molecule has 0 fully saturated rings. The Labute approximate surface area is 186 Å². The van der Waals surface area contributed by atoms with Gasteiger partial charge in [0.1, 0.15) is 4.83 Å². The number of nitrogens with zero attached hydrogens (tertiary/aromatic N) is 2. The molecule has 1 unspecified atom stereocenters. The van der Waals surface area contributed by atoms with Crippen LogP contribution in [0.15, 0.2) is 40.3 Å². The molecule has 0 N–H and O–H groups in total. The van der Waals surface area contributed by atoms with Gasteiger partial charge in [-0.25, -0.2) is 4.98 Å². The van der Waals surface area contributed by atoms with Crippen molar-refractivity contribution in [2.75, 3.05) is 5.75 Å². The van der Waals surface area contributed by atoms with E-state index in [1.807, 2.05) is 34.9 Å². The van der Waals surface area contributed by atoms with Crippen molar-refractivity contribution in [2.45, 2.75) is 70.7 Å². The molecule has 1 aliphatic rings. The number of rotatable bonds is 8. The van der Waals surface area contributed by atoms with E-state index < -0.39 is 0 Å². The van der Waals surface area contributed by atoms with E-state index in [-0.39, 0.29) is 11.7 Å². The van der Waals surface area contributed by atoms with Crippen molar-refractivity contribution in [3.05, 3.63) is 51.1 Å². The molecule has 3 aromatic rings. The maximum atomic E-state index is 13.8. The molecule has 0 amide bonds. The van der Waals surface area contributed by atoms with Crippen LogP contribution in [-0.2, 0) is 17.8 Å². The van der Waals surface area contributed by atoms with Crippen LogP contribution in [-0.4, -0.2) is 21.4 Å². The summed E-state index contributed by atoms with van der Waals surface area (Å²) in [6, 6.07) is 9.93. The lowest BCUT2D eigenvalue weighted by Crippen LogP contribution is -2.28. The van der Waals surface area contributed by atoms with E-state index in [0.717, 1.165) is 50.1 Å². The molecule has 3 heterocycles. The predicted octanol–water partition coefficient (Wildman–Crippen LogP) is 6.22. The molecule has 0 bridgehead atoms.